The highest BCUT2D eigenvalue weighted by Crippen LogP contribution is 2.37. The lowest BCUT2D eigenvalue weighted by Gasteiger charge is -2.41. The molecule has 0 bridgehead atoms. The maximum atomic E-state index is 13.9. The first-order valence-electron chi connectivity index (χ1n) is 11.2. The van der Waals surface area contributed by atoms with Crippen LogP contribution in [0.3, 0.4) is 0 Å². The quantitative estimate of drug-likeness (QED) is 0.339. The zero-order valence-corrected chi connectivity index (χ0v) is 19.4. The Balaban J connectivity index is 1.60. The molecule has 0 N–H and O–H groups in total. The maximum Gasteiger partial charge on any atom is 0.345 e. The number of amides is 1. The van der Waals surface area contributed by atoms with Crippen molar-refractivity contribution in [1.29, 1.82) is 0 Å². The number of rotatable bonds is 4. The van der Waals surface area contributed by atoms with Crippen LogP contribution >= 0.6 is 11.3 Å². The first-order valence-corrected chi connectivity index (χ1v) is 12.0. The summed E-state index contributed by atoms with van der Waals surface area (Å²) in [5, 5.41) is 1.35. The molecule has 5 nitrogen and oxygen atoms in total. The fourth-order valence-corrected chi connectivity index (χ4v) is 6.08. The van der Waals surface area contributed by atoms with Crippen LogP contribution in [0.4, 0.5) is 0 Å². The zero-order valence-electron chi connectivity index (χ0n) is 18.6. The molecular weight excluding hydrogens is 422 g/mol. The Morgan fingerprint density at radius 2 is 2.00 bits per heavy atom. The molecule has 0 spiro atoms. The molecule has 32 heavy (non-hydrogen) atoms. The van der Waals surface area contributed by atoms with Gasteiger partial charge in [0, 0.05) is 11.4 Å². The Morgan fingerprint density at radius 3 is 2.78 bits per heavy atom. The van der Waals surface area contributed by atoms with Crippen molar-refractivity contribution in [3.05, 3.63) is 69.3 Å². The standard InChI is InChI=1S/C26H27NO4S/c1-15-9-10-22-19(12-15)24-20(26(29)31-22)13-23(32-24)25(28)27(14-18-7-5-11-30-18)21-8-4-6-16(2)17(21)3/h5,7,9-13,16-17,21H,4,6,8,14H2,1-3H3/t16-,17+,21-/m1/s1. The molecule has 3 aromatic heterocycles. The van der Waals surface area contributed by atoms with Crippen molar-refractivity contribution in [2.45, 2.75) is 52.6 Å². The van der Waals surface area contributed by atoms with Crippen LogP contribution < -0.4 is 5.63 Å². The van der Waals surface area contributed by atoms with Crippen molar-refractivity contribution >= 4 is 38.3 Å². The van der Waals surface area contributed by atoms with Crippen molar-refractivity contribution in [2.24, 2.45) is 11.8 Å². The lowest BCUT2D eigenvalue weighted by atomic mass is 9.77. The van der Waals surface area contributed by atoms with Gasteiger partial charge in [-0.15, -0.1) is 11.3 Å². The van der Waals surface area contributed by atoms with Gasteiger partial charge < -0.3 is 13.7 Å². The van der Waals surface area contributed by atoms with Gasteiger partial charge in [0.25, 0.3) is 5.91 Å². The number of carbonyl (C=O) groups is 1. The Morgan fingerprint density at radius 1 is 1.16 bits per heavy atom. The van der Waals surface area contributed by atoms with Gasteiger partial charge in [0.1, 0.15) is 11.3 Å². The van der Waals surface area contributed by atoms with Crippen LogP contribution in [-0.2, 0) is 6.54 Å². The number of thiophene rings is 1. The Labute approximate surface area is 190 Å². The van der Waals surface area contributed by atoms with E-state index in [4.69, 9.17) is 8.83 Å². The minimum Gasteiger partial charge on any atom is -0.467 e. The molecule has 0 aliphatic heterocycles. The number of benzene rings is 1. The Bertz CT molecular complexity index is 1330. The molecule has 4 aromatic rings. The molecular formula is C26H27NO4S. The highest BCUT2D eigenvalue weighted by atomic mass is 32.1. The average Bonchev–Trinajstić information content (AvgIpc) is 3.45. The molecule has 1 saturated carbocycles. The predicted molar refractivity (Wildman–Crippen MR) is 127 cm³/mol. The first kappa shape index (κ1) is 21.0. The second-order valence-corrected chi connectivity index (χ2v) is 10.1. The maximum absolute atomic E-state index is 13.9. The van der Waals surface area contributed by atoms with Gasteiger partial charge in [0.05, 0.1) is 27.8 Å². The number of furan rings is 1. The van der Waals surface area contributed by atoms with Crippen molar-refractivity contribution in [3.8, 4) is 0 Å². The van der Waals surface area contributed by atoms with Gasteiger partial charge in [-0.1, -0.05) is 38.3 Å². The molecule has 166 valence electrons. The van der Waals surface area contributed by atoms with Crippen LogP contribution in [0.15, 0.2) is 56.3 Å². The van der Waals surface area contributed by atoms with Crippen LogP contribution in [0.1, 0.15) is 54.1 Å². The van der Waals surface area contributed by atoms with E-state index in [-0.39, 0.29) is 11.9 Å². The third kappa shape index (κ3) is 3.66. The number of aryl methyl sites for hydroxylation is 1. The number of hydrogen-bond donors (Lipinski definition) is 0. The van der Waals surface area contributed by atoms with Gasteiger partial charge in [-0.05, 0) is 55.5 Å². The molecule has 1 aliphatic carbocycles. The fourth-order valence-electron chi connectivity index (χ4n) is 4.96. The molecule has 1 aliphatic rings. The summed E-state index contributed by atoms with van der Waals surface area (Å²) in [6.07, 6.45) is 4.92. The van der Waals surface area contributed by atoms with Crippen LogP contribution in [-0.4, -0.2) is 16.8 Å². The fraction of sp³-hybridized carbons (Fsp3) is 0.385. The Kier molecular flexibility index (Phi) is 5.41. The number of fused-ring (bicyclic) bond motifs is 3. The molecule has 1 amide bonds. The number of nitrogens with zero attached hydrogens (tertiary/aromatic N) is 1. The largest absolute Gasteiger partial charge is 0.467 e. The van der Waals surface area contributed by atoms with Crippen molar-refractivity contribution in [2.75, 3.05) is 0 Å². The molecule has 0 radical (unpaired) electrons. The third-order valence-corrected chi connectivity index (χ3v) is 8.13. The summed E-state index contributed by atoms with van der Waals surface area (Å²) < 4.78 is 11.9. The second-order valence-electron chi connectivity index (χ2n) is 9.09. The van der Waals surface area contributed by atoms with Gasteiger partial charge in [-0.2, -0.15) is 0 Å². The van der Waals surface area contributed by atoms with Crippen molar-refractivity contribution in [1.82, 2.24) is 4.90 Å². The summed E-state index contributed by atoms with van der Waals surface area (Å²) in [5.41, 5.74) is 1.23. The summed E-state index contributed by atoms with van der Waals surface area (Å²) >= 11 is 1.38. The SMILES string of the molecule is Cc1ccc2oc(=O)c3cc(C(=O)N(Cc4ccco4)[C@@H]4CCC[C@@H](C)[C@@H]4C)sc3c2c1. The predicted octanol–water partition coefficient (Wildman–Crippen LogP) is 6.38. The summed E-state index contributed by atoms with van der Waals surface area (Å²) in [7, 11) is 0. The van der Waals surface area contributed by atoms with Crippen LogP contribution in [0.5, 0.6) is 0 Å². The molecule has 1 aromatic carbocycles. The monoisotopic (exact) mass is 449 g/mol. The van der Waals surface area contributed by atoms with E-state index < -0.39 is 5.63 Å². The summed E-state index contributed by atoms with van der Waals surface area (Å²) in [6, 6.07) is 11.4. The van der Waals surface area contributed by atoms with Crippen molar-refractivity contribution < 1.29 is 13.6 Å². The number of carbonyl (C=O) groups excluding carboxylic acids is 1. The lowest BCUT2D eigenvalue weighted by Crippen LogP contribution is -2.46. The van der Waals surface area contributed by atoms with E-state index in [1.807, 2.05) is 42.2 Å². The van der Waals surface area contributed by atoms with E-state index >= 15 is 0 Å². The molecule has 3 heterocycles. The lowest BCUT2D eigenvalue weighted by molar-refractivity contribution is 0.0432. The average molecular weight is 450 g/mol. The van der Waals surface area contributed by atoms with Gasteiger partial charge in [0.15, 0.2) is 0 Å². The highest BCUT2D eigenvalue weighted by Gasteiger charge is 2.35. The smallest absolute Gasteiger partial charge is 0.345 e. The van der Waals surface area contributed by atoms with Crippen LogP contribution in [0.25, 0.3) is 21.1 Å². The first-order chi connectivity index (χ1) is 15.4. The molecule has 1 fully saturated rings. The van der Waals surface area contributed by atoms with Gasteiger partial charge in [-0.3, -0.25) is 4.79 Å². The van der Waals surface area contributed by atoms with Crippen LogP contribution in [0, 0.1) is 18.8 Å². The van der Waals surface area contributed by atoms with E-state index in [0.717, 1.165) is 34.3 Å². The molecule has 6 heteroatoms. The van der Waals surface area contributed by atoms with E-state index in [9.17, 15) is 9.59 Å². The topological polar surface area (TPSA) is 63.7 Å². The normalized spacial score (nSPS) is 21.3. The summed E-state index contributed by atoms with van der Waals surface area (Å²) in [6.45, 7) is 6.95. The molecule has 5 rings (SSSR count). The summed E-state index contributed by atoms with van der Waals surface area (Å²) in [5.74, 6) is 1.67. The van der Waals surface area contributed by atoms with Gasteiger partial charge >= 0.3 is 5.63 Å². The van der Waals surface area contributed by atoms with Crippen LogP contribution in [0.2, 0.25) is 0 Å². The highest BCUT2D eigenvalue weighted by molar-refractivity contribution is 7.21. The van der Waals surface area contributed by atoms with Gasteiger partial charge in [0.2, 0.25) is 0 Å². The van der Waals surface area contributed by atoms with Crippen molar-refractivity contribution in [3.63, 3.8) is 0 Å². The van der Waals surface area contributed by atoms with E-state index in [0.29, 0.717) is 34.2 Å². The molecule has 3 atom stereocenters. The number of hydrogen-bond acceptors (Lipinski definition) is 5. The van der Waals surface area contributed by atoms with E-state index in [2.05, 4.69) is 13.8 Å². The molecule has 0 unspecified atom stereocenters. The zero-order chi connectivity index (χ0) is 22.4. The summed E-state index contributed by atoms with van der Waals surface area (Å²) in [4.78, 5) is 29.0. The minimum absolute atomic E-state index is 0.0475. The second kappa shape index (κ2) is 8.24. The van der Waals surface area contributed by atoms with E-state index in [1.54, 1.807) is 12.3 Å². The Hall–Kier alpha value is -2.86. The van der Waals surface area contributed by atoms with Gasteiger partial charge in [-0.25, -0.2) is 4.79 Å². The minimum atomic E-state index is -0.399. The third-order valence-electron chi connectivity index (χ3n) is 6.98. The van der Waals surface area contributed by atoms with E-state index in [1.165, 1.54) is 17.8 Å². The molecule has 0 saturated heterocycles.